The number of hydrogen-bond donors (Lipinski definition) is 2. The Bertz CT molecular complexity index is 1820. The maximum atomic E-state index is 12.9. The van der Waals surface area contributed by atoms with E-state index in [1.54, 1.807) is 18.2 Å². The minimum atomic E-state index is -3.59. The highest BCUT2D eigenvalue weighted by atomic mass is 32.2. The number of nitrogens with one attached hydrogen (secondary N) is 1. The van der Waals surface area contributed by atoms with Crippen molar-refractivity contribution in [2.24, 2.45) is 10.2 Å². The molecule has 0 aliphatic carbocycles. The van der Waals surface area contributed by atoms with Crippen molar-refractivity contribution >= 4 is 32.9 Å². The number of nitrogen functional groups attached to an aromatic ring is 1. The molecule has 0 saturated carbocycles. The summed E-state index contributed by atoms with van der Waals surface area (Å²) in [5.41, 5.74) is 6.57. The van der Waals surface area contributed by atoms with E-state index in [2.05, 4.69) is 20.3 Å². The van der Waals surface area contributed by atoms with Crippen LogP contribution in [0.2, 0.25) is 0 Å². The Morgan fingerprint density at radius 3 is 2.38 bits per heavy atom. The molecule has 4 aromatic rings. The van der Waals surface area contributed by atoms with Gasteiger partial charge in [0.15, 0.2) is 22.8 Å². The Morgan fingerprint density at radius 2 is 1.73 bits per heavy atom. The van der Waals surface area contributed by atoms with E-state index >= 15 is 0 Å². The molecule has 2 aromatic carbocycles. The van der Waals surface area contributed by atoms with Gasteiger partial charge in [0.1, 0.15) is 17.5 Å². The lowest BCUT2D eigenvalue weighted by molar-refractivity contribution is 0.346. The zero-order chi connectivity index (χ0) is 28.4. The van der Waals surface area contributed by atoms with Crippen LogP contribution >= 0.6 is 0 Å². The van der Waals surface area contributed by atoms with E-state index in [0.29, 0.717) is 35.8 Å². The fourth-order valence-corrected chi connectivity index (χ4v) is 6.10. The third-order valence-corrected chi connectivity index (χ3v) is 8.53. The molecular formula is C26H26N8O5S. The first-order chi connectivity index (χ1) is 19.3. The summed E-state index contributed by atoms with van der Waals surface area (Å²) in [6.07, 6.45) is 2.70. The molecule has 0 bridgehead atoms. The van der Waals surface area contributed by atoms with Gasteiger partial charge in [0, 0.05) is 18.7 Å². The third kappa shape index (κ3) is 4.76. The monoisotopic (exact) mass is 562 g/mol. The van der Waals surface area contributed by atoms with Crippen molar-refractivity contribution in [1.82, 2.24) is 18.9 Å². The summed E-state index contributed by atoms with van der Waals surface area (Å²) >= 11 is 0. The first kappa shape index (κ1) is 26.9. The summed E-state index contributed by atoms with van der Waals surface area (Å²) in [5, 5.41) is 20.7. The molecule has 1 aliphatic rings. The molecule has 0 atom stereocenters. The minimum Gasteiger partial charge on any atom is -0.493 e. The quantitative estimate of drug-likeness (QED) is 0.319. The zero-order valence-corrected chi connectivity index (χ0v) is 22.6. The van der Waals surface area contributed by atoms with Crippen molar-refractivity contribution in [3.8, 4) is 28.8 Å². The number of nitriles is 1. The van der Waals surface area contributed by atoms with Crippen molar-refractivity contribution in [2.75, 3.05) is 33.0 Å². The van der Waals surface area contributed by atoms with Crippen molar-refractivity contribution in [2.45, 2.75) is 24.2 Å². The molecule has 0 radical (unpaired) electrons. The van der Waals surface area contributed by atoms with Gasteiger partial charge < -0.3 is 15.2 Å². The van der Waals surface area contributed by atoms with E-state index in [4.69, 9.17) is 15.2 Å². The number of azo groups is 1. The van der Waals surface area contributed by atoms with Crippen molar-refractivity contribution < 1.29 is 17.9 Å². The zero-order valence-electron chi connectivity index (χ0n) is 21.8. The second-order valence-electron chi connectivity index (χ2n) is 9.01. The van der Waals surface area contributed by atoms with Gasteiger partial charge in [-0.2, -0.15) is 14.7 Å². The predicted molar refractivity (Wildman–Crippen MR) is 147 cm³/mol. The van der Waals surface area contributed by atoms with Crippen LogP contribution in [-0.4, -0.2) is 54.6 Å². The molecule has 206 valence electrons. The van der Waals surface area contributed by atoms with Crippen LogP contribution in [0.15, 0.2) is 62.4 Å². The smallest absolute Gasteiger partial charge is 0.294 e. The van der Waals surface area contributed by atoms with Crippen LogP contribution in [-0.2, 0) is 10.0 Å². The minimum absolute atomic E-state index is 0.0416. The molecule has 1 fully saturated rings. The number of H-pyrrole nitrogens is 1. The first-order valence-corrected chi connectivity index (χ1v) is 13.8. The number of nitrogens with two attached hydrogens (primary N) is 1. The number of anilines is 1. The average Bonchev–Trinajstić information content (AvgIpc) is 3.29. The molecule has 5 rings (SSSR count). The molecule has 3 N–H and O–H groups in total. The average molecular weight is 563 g/mol. The Morgan fingerprint density at radius 1 is 1.02 bits per heavy atom. The van der Waals surface area contributed by atoms with Crippen molar-refractivity contribution in [1.29, 1.82) is 5.26 Å². The Labute approximate surface area is 229 Å². The molecular weight excluding hydrogens is 536 g/mol. The normalized spacial score (nSPS) is 14.4. The van der Waals surface area contributed by atoms with Gasteiger partial charge in [-0.05, 0) is 55.3 Å². The van der Waals surface area contributed by atoms with Gasteiger partial charge in [0.05, 0.1) is 30.5 Å². The number of benzene rings is 2. The number of fused-ring (bicyclic) bond motifs is 1. The van der Waals surface area contributed by atoms with Crippen molar-refractivity contribution in [3.05, 3.63) is 58.4 Å². The van der Waals surface area contributed by atoms with Crippen LogP contribution in [0.5, 0.6) is 11.5 Å². The Balaban J connectivity index is 1.53. The third-order valence-electron chi connectivity index (χ3n) is 6.62. The van der Waals surface area contributed by atoms with Gasteiger partial charge in [-0.25, -0.2) is 17.9 Å². The molecule has 0 amide bonds. The molecule has 40 heavy (non-hydrogen) atoms. The lowest BCUT2D eigenvalue weighted by atomic mass is 10.1. The highest BCUT2D eigenvalue weighted by molar-refractivity contribution is 7.89. The second kappa shape index (κ2) is 10.8. The topological polar surface area (TPSA) is 181 Å². The van der Waals surface area contributed by atoms with Crippen LogP contribution in [0.25, 0.3) is 16.9 Å². The molecule has 13 nitrogen and oxygen atoms in total. The Kier molecular flexibility index (Phi) is 7.24. The first-order valence-electron chi connectivity index (χ1n) is 12.4. The number of aromatic amines is 1. The fourth-order valence-electron chi connectivity index (χ4n) is 4.59. The van der Waals surface area contributed by atoms with Gasteiger partial charge in [-0.1, -0.05) is 6.42 Å². The van der Waals surface area contributed by atoms with E-state index in [-0.39, 0.29) is 33.3 Å². The van der Waals surface area contributed by atoms with E-state index in [9.17, 15) is 18.5 Å². The summed E-state index contributed by atoms with van der Waals surface area (Å²) in [4.78, 5) is 17.3. The number of sulfonamides is 1. The number of methoxy groups -OCH3 is 2. The highest BCUT2D eigenvalue weighted by Gasteiger charge is 2.26. The number of aromatic nitrogens is 3. The summed E-state index contributed by atoms with van der Waals surface area (Å²) < 4.78 is 39.3. The predicted octanol–water partition coefficient (Wildman–Crippen LogP) is 3.75. The lowest BCUT2D eigenvalue weighted by Gasteiger charge is -2.25. The second-order valence-corrected chi connectivity index (χ2v) is 10.9. The molecule has 0 unspecified atom stereocenters. The molecule has 3 heterocycles. The Hall–Kier alpha value is -4.74. The summed E-state index contributed by atoms with van der Waals surface area (Å²) in [5.74, 6) is 0.788. The SMILES string of the molecule is COc1ccc(-c2c(C#N)c(N)nc3c(N=Nc4ccc(S(=O)(=O)N5CCCCC5)cc4)c(=O)[nH]n23)cc1OC. The van der Waals surface area contributed by atoms with Gasteiger partial charge in [0.2, 0.25) is 10.0 Å². The summed E-state index contributed by atoms with van der Waals surface area (Å²) in [6.45, 7) is 1.01. The largest absolute Gasteiger partial charge is 0.493 e. The van der Waals surface area contributed by atoms with Crippen LogP contribution in [0.4, 0.5) is 17.2 Å². The van der Waals surface area contributed by atoms with Crippen LogP contribution in [0, 0.1) is 11.3 Å². The molecule has 0 spiro atoms. The van der Waals surface area contributed by atoms with Gasteiger partial charge in [-0.3, -0.25) is 9.89 Å². The molecule has 1 saturated heterocycles. The summed E-state index contributed by atoms with van der Waals surface area (Å²) in [7, 11) is -0.605. The number of rotatable bonds is 7. The molecule has 2 aromatic heterocycles. The van der Waals surface area contributed by atoms with Crippen molar-refractivity contribution in [3.63, 3.8) is 0 Å². The number of hydrogen-bond acceptors (Lipinski definition) is 10. The van der Waals surface area contributed by atoms with Gasteiger partial charge in [0.25, 0.3) is 5.56 Å². The maximum absolute atomic E-state index is 12.9. The number of ether oxygens (including phenoxy) is 2. The molecule has 14 heteroatoms. The number of nitrogens with zero attached hydrogens (tertiary/aromatic N) is 6. The standard InChI is InChI=1S/C26H26N8O5S/c1-38-20-11-6-16(14-21(20)39-2)23-19(15-27)24(28)29-25-22(26(35)32-34(23)25)31-30-17-7-9-18(10-8-17)40(36,37)33-12-4-3-5-13-33/h6-11,14H,3-5,12-13H2,1-2H3,(H2,28,29)(H,32,35). The highest BCUT2D eigenvalue weighted by Crippen LogP contribution is 2.35. The van der Waals surface area contributed by atoms with Gasteiger partial charge >= 0.3 is 0 Å². The van der Waals surface area contributed by atoms with Crippen LogP contribution in [0.3, 0.4) is 0 Å². The maximum Gasteiger partial charge on any atom is 0.294 e. The lowest BCUT2D eigenvalue weighted by Crippen LogP contribution is -2.35. The van der Waals surface area contributed by atoms with E-state index in [1.165, 1.54) is 47.3 Å². The fraction of sp³-hybridized carbons (Fsp3) is 0.269. The summed E-state index contributed by atoms with van der Waals surface area (Å²) in [6, 6.07) is 13.0. The molecule has 1 aliphatic heterocycles. The van der Waals surface area contributed by atoms with Gasteiger partial charge in [-0.15, -0.1) is 5.11 Å². The van der Waals surface area contributed by atoms with Crippen LogP contribution < -0.4 is 20.8 Å². The van der Waals surface area contributed by atoms with E-state index in [0.717, 1.165) is 19.3 Å². The van der Waals surface area contributed by atoms with E-state index < -0.39 is 15.6 Å². The number of piperidine rings is 1. The van der Waals surface area contributed by atoms with E-state index in [1.807, 2.05) is 6.07 Å². The van der Waals surface area contributed by atoms with Crippen LogP contribution in [0.1, 0.15) is 24.8 Å².